The Hall–Kier alpha value is -2.07. The summed E-state index contributed by atoms with van der Waals surface area (Å²) in [6.07, 6.45) is 43.4. The number of carboxylic acid groups (broad SMARTS) is 1. The van der Waals surface area contributed by atoms with Gasteiger partial charge < -0.3 is 51.3 Å². The second-order valence-electron chi connectivity index (χ2n) is 19.7. The molecular formula is C55H109F3N6O5. The number of halogens is 3. The van der Waals surface area contributed by atoms with Crippen molar-refractivity contribution >= 4 is 11.9 Å². The van der Waals surface area contributed by atoms with E-state index in [1.807, 2.05) is 0 Å². The zero-order valence-electron chi connectivity index (χ0n) is 44.9. The summed E-state index contributed by atoms with van der Waals surface area (Å²) < 4.78 is 45.1. The normalized spacial score (nSPS) is 13.0. The van der Waals surface area contributed by atoms with Gasteiger partial charge in [-0.25, -0.2) is 0 Å². The number of hydrogen-bond donors (Lipinski definition) is 5. The summed E-state index contributed by atoms with van der Waals surface area (Å²) in [7, 11) is 4.50. The van der Waals surface area contributed by atoms with E-state index >= 15 is 0 Å². The molecular weight excluding hydrogens is 882 g/mol. The number of nitrogens with one attached hydrogen (secondary N) is 3. The van der Waals surface area contributed by atoms with Gasteiger partial charge in [-0.05, 0) is 123 Å². The van der Waals surface area contributed by atoms with Gasteiger partial charge in [0.2, 0.25) is 5.91 Å². The molecule has 0 fully saturated rings. The van der Waals surface area contributed by atoms with Gasteiger partial charge in [-0.2, -0.15) is 13.2 Å². The highest BCUT2D eigenvalue weighted by Gasteiger charge is 2.29. The topological polar surface area (TPSA) is 164 Å². The number of amides is 1. The summed E-state index contributed by atoms with van der Waals surface area (Å²) in [6, 6.07) is -0.203. The van der Waals surface area contributed by atoms with Crippen molar-refractivity contribution in [3.63, 3.8) is 0 Å². The molecule has 0 saturated carbocycles. The molecule has 7 N–H and O–H groups in total. The summed E-state index contributed by atoms with van der Waals surface area (Å²) in [5.41, 5.74) is 11.4. The summed E-state index contributed by atoms with van der Waals surface area (Å²) in [5, 5.41) is 18.9. The first kappa shape index (κ1) is 69.0. The summed E-state index contributed by atoms with van der Waals surface area (Å²) >= 11 is 0. The van der Waals surface area contributed by atoms with E-state index in [1.54, 1.807) is 0 Å². The molecule has 0 bridgehead atoms. The quantitative estimate of drug-likeness (QED) is 0.0227. The minimum absolute atomic E-state index is 0.0442. The minimum Gasteiger partial charge on any atom is -0.542 e. The van der Waals surface area contributed by atoms with Crippen LogP contribution in [0.3, 0.4) is 0 Å². The van der Waals surface area contributed by atoms with Crippen LogP contribution in [0.15, 0.2) is 24.3 Å². The fourth-order valence-electron chi connectivity index (χ4n) is 7.98. The number of allylic oxidation sites excluding steroid dienone is 4. The lowest BCUT2D eigenvalue weighted by Crippen LogP contribution is -2.52. The molecule has 0 radical (unpaired) electrons. The van der Waals surface area contributed by atoms with Crippen LogP contribution in [-0.2, 0) is 19.1 Å². The number of carbonyl (C=O) groups is 2. The molecule has 0 rings (SSSR count). The van der Waals surface area contributed by atoms with Crippen LogP contribution in [0.25, 0.3) is 0 Å². The fourth-order valence-corrected chi connectivity index (χ4v) is 7.98. The number of nitrogens with two attached hydrogens (primary N) is 2. The van der Waals surface area contributed by atoms with Crippen molar-refractivity contribution < 1.29 is 41.8 Å². The third-order valence-electron chi connectivity index (χ3n) is 12.3. The molecule has 0 spiro atoms. The van der Waals surface area contributed by atoms with Crippen LogP contribution in [0, 0.1) is 0 Å². The first-order valence-electron chi connectivity index (χ1n) is 28.1. The molecule has 0 heterocycles. The van der Waals surface area contributed by atoms with Crippen LogP contribution < -0.4 is 32.5 Å². The average molecular weight is 992 g/mol. The number of rotatable bonds is 51. The first-order chi connectivity index (χ1) is 33.3. The van der Waals surface area contributed by atoms with Crippen LogP contribution >= 0.6 is 0 Å². The first-order valence-corrected chi connectivity index (χ1v) is 28.1. The Labute approximate surface area is 421 Å². The van der Waals surface area contributed by atoms with Crippen molar-refractivity contribution in [1.29, 1.82) is 0 Å². The number of ether oxygens (including phenoxy) is 2. The van der Waals surface area contributed by atoms with Crippen molar-refractivity contribution in [2.75, 3.05) is 86.3 Å². The van der Waals surface area contributed by atoms with Gasteiger partial charge in [0.25, 0.3) is 0 Å². The molecule has 69 heavy (non-hydrogen) atoms. The second kappa shape index (κ2) is 52.3. The van der Waals surface area contributed by atoms with Gasteiger partial charge >= 0.3 is 6.18 Å². The molecule has 0 aromatic heterocycles. The van der Waals surface area contributed by atoms with Crippen LogP contribution in [0.4, 0.5) is 13.2 Å². The maximum atomic E-state index is 13.3. The maximum absolute atomic E-state index is 13.3. The standard InChI is InChI=1S/C53H108N6O3.C2HF3O2/c1-5-7-9-11-13-15-17-19-21-23-24-26-28-30-32-34-47-61-50-51(62-48-35-33-31-29-27-25-22-20-18-16-14-12-10-8-6-2)49-59(3,4)46-45-58-53(60)52(57-44-38-41-55)39-36-42-56-43-37-40-54;3-2(4,5)1(6)7/h20-23,51-52,56-57H,5-19,24-50,54-55H2,1-4H3;(H,6,7)/b22-20+,23-21+;. The lowest BCUT2D eigenvalue weighted by atomic mass is 10.1. The number of carboxylic acids is 1. The summed E-state index contributed by atoms with van der Waals surface area (Å²) in [6.45, 7) is 13.0. The Morgan fingerprint density at radius 3 is 1.48 bits per heavy atom. The van der Waals surface area contributed by atoms with Crippen molar-refractivity contribution in [3.05, 3.63) is 24.3 Å². The lowest BCUT2D eigenvalue weighted by Gasteiger charge is -2.33. The van der Waals surface area contributed by atoms with Crippen molar-refractivity contribution in [2.24, 2.45) is 11.5 Å². The average Bonchev–Trinajstić information content (AvgIpc) is 3.31. The number of aliphatic carboxylic acids is 1. The van der Waals surface area contributed by atoms with E-state index in [4.69, 9.17) is 30.8 Å². The molecule has 14 heteroatoms. The predicted molar refractivity (Wildman–Crippen MR) is 282 cm³/mol. The highest BCUT2D eigenvalue weighted by atomic mass is 19.4. The van der Waals surface area contributed by atoms with Gasteiger partial charge in [-0.1, -0.05) is 147 Å². The Bertz CT molecular complexity index is 1160. The zero-order chi connectivity index (χ0) is 51.4. The van der Waals surface area contributed by atoms with Crippen LogP contribution in [0.2, 0.25) is 0 Å². The van der Waals surface area contributed by atoms with E-state index in [-0.39, 0.29) is 18.1 Å². The maximum Gasteiger partial charge on any atom is 0.430 e. The van der Waals surface area contributed by atoms with E-state index in [2.05, 4.69) is 68.2 Å². The Balaban J connectivity index is 0. The van der Waals surface area contributed by atoms with E-state index in [0.717, 1.165) is 88.9 Å². The molecule has 1 amide bonds. The van der Waals surface area contributed by atoms with Gasteiger partial charge in [-0.15, -0.1) is 0 Å². The molecule has 2 atom stereocenters. The third-order valence-corrected chi connectivity index (χ3v) is 12.3. The molecule has 2 unspecified atom stereocenters. The van der Waals surface area contributed by atoms with Crippen LogP contribution in [0.5, 0.6) is 0 Å². The summed E-state index contributed by atoms with van der Waals surface area (Å²) in [4.78, 5) is 22.1. The van der Waals surface area contributed by atoms with E-state index in [0.29, 0.717) is 26.2 Å². The van der Waals surface area contributed by atoms with Crippen LogP contribution in [0.1, 0.15) is 213 Å². The fraction of sp³-hybridized carbons (Fsp3) is 0.891. The smallest absolute Gasteiger partial charge is 0.430 e. The molecule has 0 aromatic carbocycles. The van der Waals surface area contributed by atoms with Crippen molar-refractivity contribution in [1.82, 2.24) is 16.0 Å². The number of nitrogens with zero attached hydrogens (tertiary/aromatic N) is 1. The Morgan fingerprint density at radius 1 is 0.594 bits per heavy atom. The number of quaternary nitrogens is 1. The van der Waals surface area contributed by atoms with Crippen LogP contribution in [-0.4, -0.2) is 121 Å². The van der Waals surface area contributed by atoms with Gasteiger partial charge in [0, 0.05) is 13.2 Å². The molecule has 0 aromatic rings. The lowest BCUT2D eigenvalue weighted by molar-refractivity contribution is -0.892. The van der Waals surface area contributed by atoms with Gasteiger partial charge in [-0.3, -0.25) is 4.79 Å². The number of likely N-dealkylation sites (N-methyl/N-ethyl adjacent to an activating group) is 1. The van der Waals surface area contributed by atoms with Crippen molar-refractivity contribution in [2.45, 2.75) is 231 Å². The number of unbranched alkanes of at least 4 members (excludes halogenated alkanes) is 23. The SMILES string of the molecule is CCCCCCCC/C=C/CCCCCCCOC(COCCCCCCC/C=C/CCCCCCCCC)C[N+](C)(C)CCNC(=O)C(CCCNCCCN)NCCCN.O=C([O-])C(F)(F)F. The monoisotopic (exact) mass is 991 g/mol. The molecule has 0 aliphatic heterocycles. The largest absolute Gasteiger partial charge is 0.542 e. The Morgan fingerprint density at radius 2 is 1.01 bits per heavy atom. The minimum atomic E-state index is -5.19. The van der Waals surface area contributed by atoms with E-state index < -0.39 is 12.1 Å². The summed E-state index contributed by atoms with van der Waals surface area (Å²) in [5.74, 6) is -2.92. The molecule has 0 aliphatic carbocycles. The zero-order valence-corrected chi connectivity index (χ0v) is 44.9. The van der Waals surface area contributed by atoms with Crippen molar-refractivity contribution in [3.8, 4) is 0 Å². The van der Waals surface area contributed by atoms with Gasteiger partial charge in [0.15, 0.2) is 0 Å². The highest BCUT2D eigenvalue weighted by molar-refractivity contribution is 5.81. The highest BCUT2D eigenvalue weighted by Crippen LogP contribution is 2.14. The van der Waals surface area contributed by atoms with Gasteiger partial charge in [0.1, 0.15) is 18.6 Å². The molecule has 410 valence electrons. The molecule has 11 nitrogen and oxygen atoms in total. The third kappa shape index (κ3) is 53.6. The van der Waals surface area contributed by atoms with E-state index in [1.165, 1.54) is 161 Å². The van der Waals surface area contributed by atoms with E-state index in [9.17, 15) is 18.0 Å². The molecule has 0 aliphatic rings. The predicted octanol–water partition coefficient (Wildman–Crippen LogP) is 10.6. The van der Waals surface area contributed by atoms with Gasteiger partial charge in [0.05, 0.1) is 39.8 Å². The Kier molecular flexibility index (Phi) is 52.3. The number of hydrogen-bond acceptors (Lipinski definition) is 9. The second-order valence-corrected chi connectivity index (χ2v) is 19.7. The molecule has 0 saturated heterocycles. The number of carbonyl (C=O) groups excluding carboxylic acids is 2. The number of alkyl halides is 3.